The Hall–Kier alpha value is -0.760. The number of nitrogens with two attached hydrogens (primary N) is 1. The van der Waals surface area contributed by atoms with Gasteiger partial charge in [0.15, 0.2) is 0 Å². The molecule has 118 valence electrons. The highest BCUT2D eigenvalue weighted by Crippen LogP contribution is 2.21. The molecule has 0 aromatic heterocycles. The third-order valence-electron chi connectivity index (χ3n) is 3.60. The van der Waals surface area contributed by atoms with Crippen LogP contribution < -0.4 is 10.5 Å². The molecule has 1 aliphatic heterocycles. The molecular formula is C14H22N2O3S2. The number of hydrogen-bond acceptors (Lipinski definition) is 5. The second-order valence-electron chi connectivity index (χ2n) is 5.21. The van der Waals surface area contributed by atoms with Crippen LogP contribution in [0.3, 0.4) is 0 Å². The van der Waals surface area contributed by atoms with Crippen molar-refractivity contribution >= 4 is 27.5 Å². The van der Waals surface area contributed by atoms with Crippen LogP contribution in [-0.4, -0.2) is 39.2 Å². The van der Waals surface area contributed by atoms with Gasteiger partial charge in [-0.25, -0.2) is 13.1 Å². The molecule has 1 heterocycles. The van der Waals surface area contributed by atoms with E-state index in [-0.39, 0.29) is 17.8 Å². The first-order valence-corrected chi connectivity index (χ1v) is 9.67. The lowest BCUT2D eigenvalue weighted by Crippen LogP contribution is -2.34. The summed E-state index contributed by atoms with van der Waals surface area (Å²) in [4.78, 5) is 1.03. The van der Waals surface area contributed by atoms with Gasteiger partial charge in [0.1, 0.15) is 0 Å². The monoisotopic (exact) mass is 330 g/mol. The summed E-state index contributed by atoms with van der Waals surface area (Å²) in [5.41, 5.74) is 6.32. The van der Waals surface area contributed by atoms with Crippen LogP contribution in [0.25, 0.3) is 0 Å². The van der Waals surface area contributed by atoms with Crippen molar-refractivity contribution in [1.29, 1.82) is 0 Å². The van der Waals surface area contributed by atoms with Gasteiger partial charge in [0, 0.05) is 35.4 Å². The predicted molar refractivity (Wildman–Crippen MR) is 86.9 cm³/mol. The number of thioether (sulfide) groups is 1. The largest absolute Gasteiger partial charge is 0.399 e. The van der Waals surface area contributed by atoms with Crippen molar-refractivity contribution in [1.82, 2.24) is 4.72 Å². The summed E-state index contributed by atoms with van der Waals surface area (Å²) in [7, 11) is -3.22. The fourth-order valence-electron chi connectivity index (χ4n) is 2.18. The van der Waals surface area contributed by atoms with Gasteiger partial charge in [-0.2, -0.15) is 0 Å². The molecule has 0 amide bonds. The van der Waals surface area contributed by atoms with E-state index in [1.165, 1.54) is 11.8 Å². The Balaban J connectivity index is 1.72. The standard InChI is InChI=1S/C14H22N2O3S2/c1-11-12(6-7-19-11)10-16-21(17,18)9-8-20-14-4-2-13(15)3-5-14/h2-5,11-12,16H,6-10,15H2,1H3. The quantitative estimate of drug-likeness (QED) is 0.587. The first-order chi connectivity index (χ1) is 9.96. The van der Waals surface area contributed by atoms with Gasteiger partial charge in [0.2, 0.25) is 10.0 Å². The van der Waals surface area contributed by atoms with Crippen molar-refractivity contribution in [3.63, 3.8) is 0 Å². The third kappa shape index (κ3) is 5.50. The summed E-state index contributed by atoms with van der Waals surface area (Å²) in [6.45, 7) is 3.18. The van der Waals surface area contributed by atoms with Gasteiger partial charge in [-0.1, -0.05) is 0 Å². The Bertz CT molecular complexity index is 546. The second-order valence-corrected chi connectivity index (χ2v) is 8.30. The summed E-state index contributed by atoms with van der Waals surface area (Å²) < 4.78 is 32.0. The first-order valence-electron chi connectivity index (χ1n) is 7.03. The molecule has 2 atom stereocenters. The lowest BCUT2D eigenvalue weighted by atomic mass is 10.0. The van der Waals surface area contributed by atoms with Crippen molar-refractivity contribution in [2.45, 2.75) is 24.3 Å². The van der Waals surface area contributed by atoms with Crippen LogP contribution >= 0.6 is 11.8 Å². The summed E-state index contributed by atoms with van der Waals surface area (Å²) in [6.07, 6.45) is 1.06. The molecule has 0 aliphatic carbocycles. The van der Waals surface area contributed by atoms with E-state index in [0.717, 1.165) is 17.9 Å². The minimum absolute atomic E-state index is 0.115. The molecule has 5 nitrogen and oxygen atoms in total. The highest BCUT2D eigenvalue weighted by molar-refractivity contribution is 8.00. The van der Waals surface area contributed by atoms with E-state index in [4.69, 9.17) is 10.5 Å². The number of nitrogens with one attached hydrogen (secondary N) is 1. The molecule has 21 heavy (non-hydrogen) atoms. The fraction of sp³-hybridized carbons (Fsp3) is 0.571. The van der Waals surface area contributed by atoms with Crippen molar-refractivity contribution < 1.29 is 13.2 Å². The van der Waals surface area contributed by atoms with E-state index in [9.17, 15) is 8.42 Å². The molecule has 7 heteroatoms. The SMILES string of the molecule is CC1OCCC1CNS(=O)(=O)CCSc1ccc(N)cc1. The van der Waals surface area contributed by atoms with E-state index in [1.54, 1.807) is 0 Å². The highest BCUT2D eigenvalue weighted by atomic mass is 32.2. The number of rotatable bonds is 7. The summed E-state index contributed by atoms with van der Waals surface area (Å²) in [6, 6.07) is 7.43. The Kier molecular flexibility index (Phi) is 5.92. The van der Waals surface area contributed by atoms with Gasteiger partial charge in [-0.3, -0.25) is 0 Å². The lowest BCUT2D eigenvalue weighted by molar-refractivity contribution is 0.107. The minimum Gasteiger partial charge on any atom is -0.399 e. The zero-order valence-corrected chi connectivity index (χ0v) is 13.8. The molecule has 0 radical (unpaired) electrons. The van der Waals surface area contributed by atoms with E-state index < -0.39 is 10.0 Å². The number of anilines is 1. The van der Waals surface area contributed by atoms with Gasteiger partial charge in [0.05, 0.1) is 11.9 Å². The van der Waals surface area contributed by atoms with Crippen LogP contribution in [0, 0.1) is 5.92 Å². The molecule has 1 fully saturated rings. The molecule has 3 N–H and O–H groups in total. The van der Waals surface area contributed by atoms with Crippen LogP contribution in [0.5, 0.6) is 0 Å². The average molecular weight is 330 g/mol. The van der Waals surface area contributed by atoms with E-state index in [0.29, 0.717) is 18.0 Å². The summed E-state index contributed by atoms with van der Waals surface area (Å²) in [5, 5.41) is 0. The Morgan fingerprint density at radius 3 is 2.71 bits per heavy atom. The van der Waals surface area contributed by atoms with Crippen LogP contribution in [0.1, 0.15) is 13.3 Å². The molecule has 2 unspecified atom stereocenters. The van der Waals surface area contributed by atoms with Crippen molar-refractivity contribution in [3.05, 3.63) is 24.3 Å². The number of benzene rings is 1. The van der Waals surface area contributed by atoms with E-state index >= 15 is 0 Å². The molecule has 0 saturated carbocycles. The predicted octanol–water partition coefficient (Wildman–Crippen LogP) is 1.71. The van der Waals surface area contributed by atoms with Gasteiger partial charge in [-0.05, 0) is 37.6 Å². The number of ether oxygens (including phenoxy) is 1. The maximum Gasteiger partial charge on any atom is 0.212 e. The molecule has 0 spiro atoms. The molecule has 1 aromatic rings. The van der Waals surface area contributed by atoms with Gasteiger partial charge in [0.25, 0.3) is 0 Å². The zero-order valence-electron chi connectivity index (χ0n) is 12.1. The van der Waals surface area contributed by atoms with E-state index in [1.807, 2.05) is 31.2 Å². The zero-order chi connectivity index (χ0) is 15.3. The smallest absolute Gasteiger partial charge is 0.212 e. The molecule has 1 saturated heterocycles. The Labute approximate surface area is 130 Å². The van der Waals surface area contributed by atoms with Crippen LogP contribution in [0.4, 0.5) is 5.69 Å². The van der Waals surface area contributed by atoms with Crippen molar-refractivity contribution in [2.24, 2.45) is 5.92 Å². The van der Waals surface area contributed by atoms with E-state index in [2.05, 4.69) is 4.72 Å². The van der Waals surface area contributed by atoms with Gasteiger partial charge in [-0.15, -0.1) is 11.8 Å². The van der Waals surface area contributed by atoms with Crippen LogP contribution in [0.15, 0.2) is 29.2 Å². The van der Waals surface area contributed by atoms with Crippen LogP contribution in [-0.2, 0) is 14.8 Å². The molecular weight excluding hydrogens is 308 g/mol. The average Bonchev–Trinajstić information content (AvgIpc) is 2.84. The summed E-state index contributed by atoms with van der Waals surface area (Å²) >= 11 is 1.52. The minimum atomic E-state index is -3.22. The Morgan fingerprint density at radius 1 is 1.38 bits per heavy atom. The van der Waals surface area contributed by atoms with Crippen molar-refractivity contribution in [3.8, 4) is 0 Å². The normalized spacial score (nSPS) is 22.5. The summed E-state index contributed by atoms with van der Waals surface area (Å²) in [5.74, 6) is 0.921. The molecule has 2 rings (SSSR count). The maximum absolute atomic E-state index is 12.0. The van der Waals surface area contributed by atoms with Crippen LogP contribution in [0.2, 0.25) is 0 Å². The highest BCUT2D eigenvalue weighted by Gasteiger charge is 2.25. The number of hydrogen-bond donors (Lipinski definition) is 2. The topological polar surface area (TPSA) is 81.4 Å². The lowest BCUT2D eigenvalue weighted by Gasteiger charge is -2.14. The first kappa shape index (κ1) is 16.6. The maximum atomic E-state index is 12.0. The molecule has 0 bridgehead atoms. The Morgan fingerprint density at radius 2 is 2.10 bits per heavy atom. The second kappa shape index (κ2) is 7.49. The molecule has 1 aromatic carbocycles. The van der Waals surface area contributed by atoms with Gasteiger partial charge < -0.3 is 10.5 Å². The van der Waals surface area contributed by atoms with Gasteiger partial charge >= 0.3 is 0 Å². The molecule has 1 aliphatic rings. The fourth-order valence-corrected chi connectivity index (χ4v) is 4.57. The van der Waals surface area contributed by atoms with Crippen molar-refractivity contribution in [2.75, 3.05) is 30.4 Å². The number of sulfonamides is 1. The number of nitrogen functional groups attached to an aromatic ring is 1. The third-order valence-corrected chi connectivity index (χ3v) is 6.22.